The SMILES string of the molecule is CC(C)c1ccc(OCCNCc2ccc(-n3ccnc3)cc2)cc1. The van der Waals surface area contributed by atoms with Gasteiger partial charge in [0.25, 0.3) is 0 Å². The number of rotatable bonds is 8. The summed E-state index contributed by atoms with van der Waals surface area (Å²) in [6.07, 6.45) is 5.53. The Morgan fingerprint density at radius 2 is 1.80 bits per heavy atom. The third-order valence-electron chi connectivity index (χ3n) is 4.16. The Hall–Kier alpha value is -2.59. The van der Waals surface area contributed by atoms with Crippen LogP contribution in [0.2, 0.25) is 0 Å². The molecule has 3 rings (SSSR count). The third kappa shape index (κ3) is 4.94. The second-order valence-electron chi connectivity index (χ2n) is 6.39. The summed E-state index contributed by atoms with van der Waals surface area (Å²) in [5.74, 6) is 1.48. The van der Waals surface area contributed by atoms with E-state index < -0.39 is 0 Å². The van der Waals surface area contributed by atoms with Crippen molar-refractivity contribution in [2.75, 3.05) is 13.2 Å². The Kier molecular flexibility index (Phi) is 5.86. The molecule has 3 aromatic rings. The zero-order valence-corrected chi connectivity index (χ0v) is 14.9. The van der Waals surface area contributed by atoms with Crippen molar-refractivity contribution < 1.29 is 4.74 Å². The van der Waals surface area contributed by atoms with E-state index in [2.05, 4.69) is 60.5 Å². The average Bonchev–Trinajstić information content (AvgIpc) is 3.17. The van der Waals surface area contributed by atoms with E-state index in [-0.39, 0.29) is 0 Å². The van der Waals surface area contributed by atoms with E-state index in [4.69, 9.17) is 4.74 Å². The van der Waals surface area contributed by atoms with Crippen molar-refractivity contribution in [1.82, 2.24) is 14.9 Å². The van der Waals surface area contributed by atoms with Crippen LogP contribution in [-0.4, -0.2) is 22.7 Å². The molecule has 0 radical (unpaired) electrons. The lowest BCUT2D eigenvalue weighted by atomic mass is 10.0. The van der Waals surface area contributed by atoms with E-state index in [0.717, 1.165) is 24.5 Å². The molecule has 0 bridgehead atoms. The fourth-order valence-corrected chi connectivity index (χ4v) is 2.62. The molecule has 1 heterocycles. The van der Waals surface area contributed by atoms with Crippen LogP contribution in [0.25, 0.3) is 5.69 Å². The number of hydrogen-bond acceptors (Lipinski definition) is 3. The Morgan fingerprint density at radius 1 is 1.04 bits per heavy atom. The highest BCUT2D eigenvalue weighted by Crippen LogP contribution is 2.18. The average molecular weight is 335 g/mol. The molecule has 1 aromatic heterocycles. The van der Waals surface area contributed by atoms with Gasteiger partial charge in [-0.1, -0.05) is 38.1 Å². The molecule has 0 fully saturated rings. The van der Waals surface area contributed by atoms with Crippen molar-refractivity contribution in [1.29, 1.82) is 0 Å². The minimum absolute atomic E-state index is 0.552. The summed E-state index contributed by atoms with van der Waals surface area (Å²) in [5.41, 5.74) is 3.71. The van der Waals surface area contributed by atoms with Gasteiger partial charge in [0.2, 0.25) is 0 Å². The Bertz CT molecular complexity index is 747. The molecule has 1 N–H and O–H groups in total. The molecule has 0 aliphatic rings. The van der Waals surface area contributed by atoms with E-state index in [1.165, 1.54) is 11.1 Å². The van der Waals surface area contributed by atoms with E-state index in [0.29, 0.717) is 12.5 Å². The van der Waals surface area contributed by atoms with Crippen LogP contribution in [0, 0.1) is 0 Å². The molecule has 0 unspecified atom stereocenters. The Morgan fingerprint density at radius 3 is 2.44 bits per heavy atom. The summed E-state index contributed by atoms with van der Waals surface area (Å²) in [6.45, 7) is 6.70. The van der Waals surface area contributed by atoms with E-state index in [1.807, 2.05) is 22.9 Å². The van der Waals surface area contributed by atoms with Gasteiger partial charge in [-0.2, -0.15) is 0 Å². The van der Waals surface area contributed by atoms with Crippen LogP contribution in [0.15, 0.2) is 67.3 Å². The van der Waals surface area contributed by atoms with Gasteiger partial charge in [0.05, 0.1) is 6.33 Å². The second kappa shape index (κ2) is 8.49. The van der Waals surface area contributed by atoms with E-state index in [1.54, 1.807) is 12.5 Å². The smallest absolute Gasteiger partial charge is 0.119 e. The number of ether oxygens (including phenoxy) is 1. The molecule has 0 spiro atoms. The highest BCUT2D eigenvalue weighted by atomic mass is 16.5. The summed E-state index contributed by atoms with van der Waals surface area (Å²) < 4.78 is 7.77. The number of nitrogens with zero attached hydrogens (tertiary/aromatic N) is 2. The lowest BCUT2D eigenvalue weighted by Gasteiger charge is -2.10. The van der Waals surface area contributed by atoms with Crippen LogP contribution in [0.5, 0.6) is 5.75 Å². The summed E-state index contributed by atoms with van der Waals surface area (Å²) in [5, 5.41) is 3.41. The maximum atomic E-state index is 5.77. The molecule has 0 amide bonds. The molecular weight excluding hydrogens is 310 g/mol. The lowest BCUT2D eigenvalue weighted by Crippen LogP contribution is -2.20. The molecule has 0 saturated carbocycles. The van der Waals surface area contributed by atoms with Gasteiger partial charge >= 0.3 is 0 Å². The fourth-order valence-electron chi connectivity index (χ4n) is 2.62. The number of aromatic nitrogens is 2. The van der Waals surface area contributed by atoms with Gasteiger partial charge in [-0.25, -0.2) is 4.98 Å². The highest BCUT2D eigenvalue weighted by Gasteiger charge is 2.00. The van der Waals surface area contributed by atoms with Crippen molar-refractivity contribution in [3.05, 3.63) is 78.4 Å². The summed E-state index contributed by atoms with van der Waals surface area (Å²) >= 11 is 0. The topological polar surface area (TPSA) is 39.1 Å². The molecule has 2 aromatic carbocycles. The first kappa shape index (κ1) is 17.2. The maximum Gasteiger partial charge on any atom is 0.119 e. The van der Waals surface area contributed by atoms with Gasteiger partial charge in [-0.3, -0.25) is 0 Å². The third-order valence-corrected chi connectivity index (χ3v) is 4.16. The summed E-state index contributed by atoms with van der Waals surface area (Å²) in [4.78, 5) is 4.07. The highest BCUT2D eigenvalue weighted by molar-refractivity contribution is 5.34. The normalized spacial score (nSPS) is 11.0. The van der Waals surface area contributed by atoms with Crippen LogP contribution in [0.3, 0.4) is 0 Å². The van der Waals surface area contributed by atoms with Gasteiger partial charge in [-0.15, -0.1) is 0 Å². The minimum atomic E-state index is 0.552. The first-order chi connectivity index (χ1) is 12.2. The fraction of sp³-hybridized carbons (Fsp3) is 0.286. The summed E-state index contributed by atoms with van der Waals surface area (Å²) in [7, 11) is 0. The molecule has 25 heavy (non-hydrogen) atoms. The monoisotopic (exact) mass is 335 g/mol. The summed E-state index contributed by atoms with van der Waals surface area (Å²) in [6, 6.07) is 16.8. The van der Waals surface area contributed by atoms with Crippen molar-refractivity contribution >= 4 is 0 Å². The molecular formula is C21H25N3O. The molecule has 0 aliphatic heterocycles. The molecule has 130 valence electrons. The number of hydrogen-bond donors (Lipinski definition) is 1. The minimum Gasteiger partial charge on any atom is -0.492 e. The van der Waals surface area contributed by atoms with Crippen molar-refractivity contribution in [3.63, 3.8) is 0 Å². The lowest BCUT2D eigenvalue weighted by molar-refractivity contribution is 0.313. The molecule has 4 nitrogen and oxygen atoms in total. The maximum absolute atomic E-state index is 5.77. The predicted octanol–water partition coefficient (Wildman–Crippen LogP) is 4.16. The molecule has 0 atom stereocenters. The van der Waals surface area contributed by atoms with Crippen LogP contribution >= 0.6 is 0 Å². The number of nitrogens with one attached hydrogen (secondary N) is 1. The van der Waals surface area contributed by atoms with Gasteiger partial charge in [0.1, 0.15) is 12.4 Å². The number of imidazole rings is 1. The number of benzene rings is 2. The van der Waals surface area contributed by atoms with Crippen LogP contribution in [-0.2, 0) is 6.54 Å². The standard InChI is InChI=1S/C21H25N3O/c1-17(2)19-5-9-21(10-6-19)25-14-12-22-15-18-3-7-20(8-4-18)24-13-11-23-16-24/h3-11,13,16-17,22H,12,14-15H2,1-2H3. The largest absolute Gasteiger partial charge is 0.492 e. The van der Waals surface area contributed by atoms with Crippen LogP contribution < -0.4 is 10.1 Å². The Labute approximate surface area is 149 Å². The van der Waals surface area contributed by atoms with Crippen LogP contribution in [0.1, 0.15) is 30.9 Å². The van der Waals surface area contributed by atoms with Gasteiger partial charge in [0, 0.05) is 31.2 Å². The Balaban J connectivity index is 1.38. The van der Waals surface area contributed by atoms with Crippen molar-refractivity contribution in [2.24, 2.45) is 0 Å². The van der Waals surface area contributed by atoms with Crippen molar-refractivity contribution in [3.8, 4) is 11.4 Å². The van der Waals surface area contributed by atoms with E-state index in [9.17, 15) is 0 Å². The second-order valence-corrected chi connectivity index (χ2v) is 6.39. The molecule has 4 heteroatoms. The van der Waals surface area contributed by atoms with Crippen molar-refractivity contribution in [2.45, 2.75) is 26.3 Å². The first-order valence-corrected chi connectivity index (χ1v) is 8.73. The quantitative estimate of drug-likeness (QED) is 0.628. The zero-order chi connectivity index (χ0) is 17.5. The molecule has 0 aliphatic carbocycles. The predicted molar refractivity (Wildman–Crippen MR) is 101 cm³/mol. The first-order valence-electron chi connectivity index (χ1n) is 8.73. The van der Waals surface area contributed by atoms with Gasteiger partial charge < -0.3 is 14.6 Å². The van der Waals surface area contributed by atoms with E-state index >= 15 is 0 Å². The zero-order valence-electron chi connectivity index (χ0n) is 14.9. The van der Waals surface area contributed by atoms with Gasteiger partial charge in [-0.05, 0) is 41.3 Å². The van der Waals surface area contributed by atoms with Crippen LogP contribution in [0.4, 0.5) is 0 Å². The van der Waals surface area contributed by atoms with Gasteiger partial charge in [0.15, 0.2) is 0 Å². The molecule has 0 saturated heterocycles.